The van der Waals surface area contributed by atoms with Gasteiger partial charge in [0.1, 0.15) is 0 Å². The van der Waals surface area contributed by atoms with Gasteiger partial charge in [-0.25, -0.2) is 0 Å². The molecule has 0 aliphatic carbocycles. The molecule has 1 aromatic carbocycles. The Labute approximate surface area is 120 Å². The lowest BCUT2D eigenvalue weighted by Crippen LogP contribution is -2.21. The van der Waals surface area contributed by atoms with Crippen molar-refractivity contribution in [3.05, 3.63) is 33.8 Å². The number of hydrogen-bond acceptors (Lipinski definition) is 2. The predicted octanol–water partition coefficient (Wildman–Crippen LogP) is 3.99. The third-order valence-electron chi connectivity index (χ3n) is 2.91. The van der Waals surface area contributed by atoms with Gasteiger partial charge in [0.05, 0.1) is 0 Å². The van der Waals surface area contributed by atoms with E-state index in [1.54, 1.807) is 6.07 Å². The van der Waals surface area contributed by atoms with Crippen molar-refractivity contribution in [2.24, 2.45) is 0 Å². The molecule has 0 aromatic heterocycles. The molecule has 0 saturated heterocycles. The maximum Gasteiger partial charge on any atom is 0.0468 e. The Kier molecular flexibility index (Phi) is 7.02. The minimum atomic E-state index is 0.258. The van der Waals surface area contributed by atoms with Crippen LogP contribution in [0.1, 0.15) is 31.4 Å². The highest BCUT2D eigenvalue weighted by Gasteiger charge is 2.08. The average Bonchev–Trinajstić information content (AvgIpc) is 2.27. The van der Waals surface area contributed by atoms with Crippen LogP contribution in [0.25, 0.3) is 0 Å². The predicted molar refractivity (Wildman–Crippen MR) is 80.7 cm³/mol. The molecule has 4 heteroatoms. The van der Waals surface area contributed by atoms with E-state index in [2.05, 4.69) is 31.2 Å². The van der Waals surface area contributed by atoms with Crippen LogP contribution in [0.4, 0.5) is 0 Å². The molecular weight excluding hydrogens is 267 g/mol. The molecule has 0 heterocycles. The highest BCUT2D eigenvalue weighted by Crippen LogP contribution is 2.25. The van der Waals surface area contributed by atoms with E-state index in [1.807, 2.05) is 12.1 Å². The van der Waals surface area contributed by atoms with Gasteiger partial charge in [-0.3, -0.25) is 0 Å². The quantitative estimate of drug-likeness (QED) is 0.764. The lowest BCUT2D eigenvalue weighted by Gasteiger charge is -2.16. The van der Waals surface area contributed by atoms with Crippen molar-refractivity contribution in [1.82, 2.24) is 10.2 Å². The van der Waals surface area contributed by atoms with Crippen molar-refractivity contribution in [3.63, 3.8) is 0 Å². The monoisotopic (exact) mass is 288 g/mol. The largest absolute Gasteiger partial charge is 0.310 e. The molecule has 0 bridgehead atoms. The van der Waals surface area contributed by atoms with Crippen LogP contribution in [0.3, 0.4) is 0 Å². The fourth-order valence-corrected chi connectivity index (χ4v) is 2.41. The van der Waals surface area contributed by atoms with E-state index in [1.165, 1.54) is 12.8 Å². The van der Waals surface area contributed by atoms with Crippen LogP contribution in [-0.2, 0) is 0 Å². The van der Waals surface area contributed by atoms with Gasteiger partial charge >= 0.3 is 0 Å². The van der Waals surface area contributed by atoms with Crippen LogP contribution in [0, 0.1) is 0 Å². The summed E-state index contributed by atoms with van der Waals surface area (Å²) in [5.41, 5.74) is 1.11. The van der Waals surface area contributed by atoms with Gasteiger partial charge in [-0.2, -0.15) is 0 Å². The van der Waals surface area contributed by atoms with Gasteiger partial charge in [-0.15, -0.1) is 0 Å². The van der Waals surface area contributed by atoms with Crippen LogP contribution in [0.2, 0.25) is 10.0 Å². The van der Waals surface area contributed by atoms with Crippen LogP contribution < -0.4 is 5.32 Å². The van der Waals surface area contributed by atoms with E-state index >= 15 is 0 Å². The maximum atomic E-state index is 6.17. The zero-order valence-electron chi connectivity index (χ0n) is 11.3. The molecule has 1 atom stereocenters. The van der Waals surface area contributed by atoms with E-state index in [0.29, 0.717) is 5.02 Å². The summed E-state index contributed by atoms with van der Waals surface area (Å²) in [7, 11) is 4.20. The molecule has 1 aromatic rings. The molecule has 1 N–H and O–H groups in total. The van der Waals surface area contributed by atoms with Gasteiger partial charge in [-0.1, -0.05) is 29.3 Å². The minimum Gasteiger partial charge on any atom is -0.310 e. The Bertz CT molecular complexity index is 367. The van der Waals surface area contributed by atoms with Crippen molar-refractivity contribution >= 4 is 23.2 Å². The Morgan fingerprint density at radius 3 is 2.56 bits per heavy atom. The van der Waals surface area contributed by atoms with Crippen molar-refractivity contribution < 1.29 is 0 Å². The number of nitrogens with zero attached hydrogens (tertiary/aromatic N) is 1. The molecule has 1 rings (SSSR count). The van der Waals surface area contributed by atoms with E-state index in [9.17, 15) is 0 Å². The second kappa shape index (κ2) is 8.00. The second-order valence-electron chi connectivity index (χ2n) is 4.85. The first-order valence-corrected chi connectivity index (χ1v) is 7.09. The van der Waals surface area contributed by atoms with Gasteiger partial charge in [0.2, 0.25) is 0 Å². The van der Waals surface area contributed by atoms with Gasteiger partial charge < -0.3 is 10.2 Å². The molecule has 0 amide bonds. The molecule has 0 radical (unpaired) electrons. The first-order valence-electron chi connectivity index (χ1n) is 6.33. The lowest BCUT2D eigenvalue weighted by atomic mass is 10.1. The summed E-state index contributed by atoms with van der Waals surface area (Å²) in [4.78, 5) is 2.21. The number of unbranched alkanes of at least 4 members (excludes halogenated alkanes) is 1. The maximum absolute atomic E-state index is 6.17. The smallest absolute Gasteiger partial charge is 0.0468 e. The van der Waals surface area contributed by atoms with Crippen molar-refractivity contribution in [2.45, 2.75) is 25.8 Å². The molecule has 0 fully saturated rings. The van der Waals surface area contributed by atoms with E-state index < -0.39 is 0 Å². The van der Waals surface area contributed by atoms with Crippen molar-refractivity contribution in [1.29, 1.82) is 0 Å². The highest BCUT2D eigenvalue weighted by molar-refractivity contribution is 6.35. The fourth-order valence-electron chi connectivity index (χ4n) is 1.83. The standard InChI is InChI=1S/C14H22Cl2N2/c1-11(17-8-4-5-9-18(2)3)13-7-6-12(15)10-14(13)16/h6-7,10-11,17H,4-5,8-9H2,1-3H3. The third kappa shape index (κ3) is 5.57. The number of nitrogens with one attached hydrogen (secondary N) is 1. The molecule has 102 valence electrons. The number of rotatable bonds is 7. The van der Waals surface area contributed by atoms with Gasteiger partial charge in [0, 0.05) is 16.1 Å². The summed E-state index contributed by atoms with van der Waals surface area (Å²) in [6, 6.07) is 5.92. The van der Waals surface area contributed by atoms with Crippen LogP contribution in [0.5, 0.6) is 0 Å². The van der Waals surface area contributed by atoms with Gasteiger partial charge in [0.15, 0.2) is 0 Å². The first-order chi connectivity index (χ1) is 8.50. The molecule has 0 aliphatic rings. The Morgan fingerprint density at radius 1 is 1.22 bits per heavy atom. The number of hydrogen-bond donors (Lipinski definition) is 1. The Morgan fingerprint density at radius 2 is 1.94 bits per heavy atom. The highest BCUT2D eigenvalue weighted by atomic mass is 35.5. The van der Waals surface area contributed by atoms with Crippen molar-refractivity contribution in [3.8, 4) is 0 Å². The summed E-state index contributed by atoms with van der Waals surface area (Å²) < 4.78 is 0. The molecule has 0 aliphatic heterocycles. The average molecular weight is 289 g/mol. The first kappa shape index (κ1) is 15.8. The summed E-state index contributed by atoms with van der Waals surface area (Å²) in [5, 5.41) is 4.90. The summed E-state index contributed by atoms with van der Waals surface area (Å²) in [6.07, 6.45) is 2.38. The van der Waals surface area contributed by atoms with Crippen LogP contribution in [0.15, 0.2) is 18.2 Å². The molecular formula is C14H22Cl2N2. The zero-order valence-corrected chi connectivity index (χ0v) is 12.9. The SMILES string of the molecule is CC(NCCCCN(C)C)c1ccc(Cl)cc1Cl. The third-order valence-corrected chi connectivity index (χ3v) is 3.47. The molecule has 0 saturated carbocycles. The Hall–Kier alpha value is -0.280. The topological polar surface area (TPSA) is 15.3 Å². The molecule has 2 nitrogen and oxygen atoms in total. The minimum absolute atomic E-state index is 0.258. The van der Waals surface area contributed by atoms with Crippen LogP contribution in [-0.4, -0.2) is 32.1 Å². The van der Waals surface area contributed by atoms with Crippen molar-refractivity contribution in [2.75, 3.05) is 27.2 Å². The van der Waals surface area contributed by atoms with E-state index in [4.69, 9.17) is 23.2 Å². The molecule has 0 spiro atoms. The van der Waals surface area contributed by atoms with Crippen LogP contribution >= 0.6 is 23.2 Å². The van der Waals surface area contributed by atoms with Gasteiger partial charge in [-0.05, 0) is 64.6 Å². The normalized spacial score (nSPS) is 13.0. The fraction of sp³-hybridized carbons (Fsp3) is 0.571. The zero-order chi connectivity index (χ0) is 13.5. The number of halogens is 2. The summed E-state index contributed by atoms with van der Waals surface area (Å²) in [6.45, 7) is 4.27. The summed E-state index contributed by atoms with van der Waals surface area (Å²) >= 11 is 12.1. The molecule has 18 heavy (non-hydrogen) atoms. The molecule has 1 unspecified atom stereocenters. The Balaban J connectivity index is 2.34. The second-order valence-corrected chi connectivity index (χ2v) is 5.70. The number of benzene rings is 1. The lowest BCUT2D eigenvalue weighted by molar-refractivity contribution is 0.389. The van der Waals surface area contributed by atoms with Gasteiger partial charge in [0.25, 0.3) is 0 Å². The summed E-state index contributed by atoms with van der Waals surface area (Å²) in [5.74, 6) is 0. The van der Waals surface area contributed by atoms with E-state index in [0.717, 1.165) is 23.7 Å². The van der Waals surface area contributed by atoms with E-state index in [-0.39, 0.29) is 6.04 Å².